The summed E-state index contributed by atoms with van der Waals surface area (Å²) < 4.78 is 32.7. The van der Waals surface area contributed by atoms with Crippen LogP contribution in [0.15, 0.2) is 89.8 Å². The van der Waals surface area contributed by atoms with Gasteiger partial charge in [0.2, 0.25) is 15.9 Å². The van der Waals surface area contributed by atoms with Crippen LogP contribution in [0.4, 0.5) is 5.69 Å². The van der Waals surface area contributed by atoms with Crippen LogP contribution in [-0.4, -0.2) is 20.4 Å². The lowest BCUT2D eigenvalue weighted by molar-refractivity contribution is -0.117. The van der Waals surface area contributed by atoms with Crippen LogP contribution in [-0.2, 0) is 21.4 Å². The Bertz CT molecular complexity index is 1040. The molecule has 1 unspecified atom stereocenters. The van der Waals surface area contributed by atoms with Gasteiger partial charge < -0.3 is 10.1 Å². The van der Waals surface area contributed by atoms with Gasteiger partial charge >= 0.3 is 0 Å². The van der Waals surface area contributed by atoms with E-state index in [1.165, 1.54) is 19.1 Å². The molecule has 2 N–H and O–H groups in total. The summed E-state index contributed by atoms with van der Waals surface area (Å²) in [7, 11) is -3.77. The number of hydrogen-bond acceptors (Lipinski definition) is 4. The molecule has 3 aromatic carbocycles. The Morgan fingerprint density at radius 3 is 2.10 bits per heavy atom. The molecule has 0 aliphatic rings. The number of sulfonamides is 1. The van der Waals surface area contributed by atoms with Crippen molar-refractivity contribution in [2.75, 3.05) is 5.32 Å². The number of nitrogens with one attached hydrogen (secondary N) is 2. The van der Waals surface area contributed by atoms with Gasteiger partial charge in [-0.25, -0.2) is 8.42 Å². The van der Waals surface area contributed by atoms with E-state index < -0.39 is 22.0 Å². The predicted molar refractivity (Wildman–Crippen MR) is 112 cm³/mol. The van der Waals surface area contributed by atoms with E-state index in [9.17, 15) is 13.2 Å². The average molecular weight is 410 g/mol. The van der Waals surface area contributed by atoms with Gasteiger partial charge in [-0.05, 0) is 48.9 Å². The molecule has 0 aromatic heterocycles. The summed E-state index contributed by atoms with van der Waals surface area (Å²) in [6.45, 7) is 1.94. The number of ether oxygens (including phenoxy) is 1. The molecule has 0 fully saturated rings. The predicted octanol–water partition coefficient (Wildman–Crippen LogP) is 3.57. The van der Waals surface area contributed by atoms with E-state index >= 15 is 0 Å². The number of benzene rings is 3. The second kappa shape index (κ2) is 9.36. The van der Waals surface area contributed by atoms with Crippen LogP contribution in [0.3, 0.4) is 0 Å². The molecule has 3 rings (SSSR count). The fourth-order valence-electron chi connectivity index (χ4n) is 2.58. The highest BCUT2D eigenvalue weighted by molar-refractivity contribution is 7.89. The molecular formula is C22H22N2O4S. The molecule has 0 spiro atoms. The van der Waals surface area contributed by atoms with Gasteiger partial charge in [-0.1, -0.05) is 48.5 Å². The van der Waals surface area contributed by atoms with Crippen molar-refractivity contribution in [1.29, 1.82) is 0 Å². The summed E-state index contributed by atoms with van der Waals surface area (Å²) >= 11 is 0. The number of rotatable bonds is 8. The molecular weight excluding hydrogens is 388 g/mol. The van der Waals surface area contributed by atoms with E-state index in [1.54, 1.807) is 42.5 Å². The second-order valence-electron chi connectivity index (χ2n) is 6.44. The van der Waals surface area contributed by atoms with E-state index in [2.05, 4.69) is 10.0 Å². The number of anilines is 1. The first-order valence-corrected chi connectivity index (χ1v) is 10.6. The molecule has 0 bridgehead atoms. The molecule has 0 radical (unpaired) electrons. The highest BCUT2D eigenvalue weighted by atomic mass is 32.2. The smallest absolute Gasteiger partial charge is 0.242 e. The van der Waals surface area contributed by atoms with Gasteiger partial charge in [0, 0.05) is 5.69 Å². The molecule has 1 amide bonds. The molecule has 3 aromatic rings. The van der Waals surface area contributed by atoms with E-state index in [0.29, 0.717) is 18.0 Å². The second-order valence-corrected chi connectivity index (χ2v) is 8.16. The Hall–Kier alpha value is -3.16. The number of amides is 1. The van der Waals surface area contributed by atoms with Crippen molar-refractivity contribution >= 4 is 21.6 Å². The van der Waals surface area contributed by atoms with Crippen LogP contribution >= 0.6 is 0 Å². The highest BCUT2D eigenvalue weighted by Gasteiger charge is 2.21. The number of carbonyl (C=O) groups is 1. The summed E-state index contributed by atoms with van der Waals surface area (Å²) in [5, 5.41) is 2.70. The van der Waals surface area contributed by atoms with E-state index in [4.69, 9.17) is 4.74 Å². The molecule has 29 heavy (non-hydrogen) atoms. The molecule has 6 nitrogen and oxygen atoms in total. The Labute approximate surface area is 170 Å². The lowest BCUT2D eigenvalue weighted by Gasteiger charge is -2.15. The molecule has 0 aliphatic carbocycles. The number of carbonyl (C=O) groups excluding carboxylic acids is 1. The highest BCUT2D eigenvalue weighted by Crippen LogP contribution is 2.17. The molecule has 0 saturated heterocycles. The molecule has 1 atom stereocenters. The largest absolute Gasteiger partial charge is 0.489 e. The first kappa shape index (κ1) is 20.6. The fraction of sp³-hybridized carbons (Fsp3) is 0.136. The molecule has 0 heterocycles. The molecule has 0 saturated carbocycles. The lowest BCUT2D eigenvalue weighted by Crippen LogP contribution is -2.41. The topological polar surface area (TPSA) is 84.5 Å². The summed E-state index contributed by atoms with van der Waals surface area (Å²) in [5.74, 6) is 0.215. The van der Waals surface area contributed by atoms with E-state index in [-0.39, 0.29) is 4.90 Å². The minimum atomic E-state index is -3.77. The van der Waals surface area contributed by atoms with Crippen molar-refractivity contribution in [3.63, 3.8) is 0 Å². The Balaban J connectivity index is 1.54. The van der Waals surface area contributed by atoms with Gasteiger partial charge in [-0.15, -0.1) is 0 Å². The summed E-state index contributed by atoms with van der Waals surface area (Å²) in [5.41, 5.74) is 1.61. The summed E-state index contributed by atoms with van der Waals surface area (Å²) in [6.07, 6.45) is 0. The van der Waals surface area contributed by atoms with Crippen molar-refractivity contribution < 1.29 is 17.9 Å². The maximum Gasteiger partial charge on any atom is 0.242 e. The van der Waals surface area contributed by atoms with Crippen LogP contribution in [0.2, 0.25) is 0 Å². The van der Waals surface area contributed by atoms with Crippen LogP contribution in [0, 0.1) is 0 Å². The quantitative estimate of drug-likeness (QED) is 0.595. The van der Waals surface area contributed by atoms with Gasteiger partial charge in [0.15, 0.2) is 0 Å². The minimum absolute atomic E-state index is 0.111. The average Bonchev–Trinajstić information content (AvgIpc) is 2.74. The van der Waals surface area contributed by atoms with Gasteiger partial charge in [-0.3, -0.25) is 4.79 Å². The maximum absolute atomic E-state index is 12.3. The van der Waals surface area contributed by atoms with Crippen molar-refractivity contribution in [3.05, 3.63) is 90.5 Å². The van der Waals surface area contributed by atoms with Crippen molar-refractivity contribution in [3.8, 4) is 5.75 Å². The minimum Gasteiger partial charge on any atom is -0.489 e. The third-order valence-electron chi connectivity index (χ3n) is 4.15. The van der Waals surface area contributed by atoms with Crippen LogP contribution in [0.5, 0.6) is 5.75 Å². The Kier molecular flexibility index (Phi) is 6.64. The maximum atomic E-state index is 12.3. The SMILES string of the molecule is CC(NS(=O)(=O)c1ccccc1)C(=O)Nc1ccc(OCc2ccccc2)cc1. The van der Waals surface area contributed by atoms with Gasteiger partial charge in [0.05, 0.1) is 10.9 Å². The molecule has 150 valence electrons. The third kappa shape index (κ3) is 5.91. The molecule has 0 aliphatic heterocycles. The van der Waals surface area contributed by atoms with Crippen molar-refractivity contribution in [2.45, 2.75) is 24.5 Å². The van der Waals surface area contributed by atoms with E-state index in [1.807, 2.05) is 30.3 Å². The fourth-order valence-corrected chi connectivity index (χ4v) is 3.80. The zero-order valence-corrected chi connectivity index (χ0v) is 16.7. The molecule has 7 heteroatoms. The standard InChI is InChI=1S/C22H22N2O4S/c1-17(24-29(26,27)21-10-6-3-7-11-21)22(25)23-19-12-14-20(15-13-19)28-16-18-8-4-2-5-9-18/h2-15,17,24H,16H2,1H3,(H,23,25). The van der Waals surface area contributed by atoms with Gasteiger partial charge in [0.25, 0.3) is 0 Å². The monoisotopic (exact) mass is 410 g/mol. The van der Waals surface area contributed by atoms with E-state index in [0.717, 1.165) is 5.56 Å². The summed E-state index contributed by atoms with van der Waals surface area (Å²) in [6, 6.07) is 23.7. The summed E-state index contributed by atoms with van der Waals surface area (Å²) in [4.78, 5) is 12.5. The van der Waals surface area contributed by atoms with Crippen LogP contribution in [0.25, 0.3) is 0 Å². The first-order valence-electron chi connectivity index (χ1n) is 9.09. The number of hydrogen-bond donors (Lipinski definition) is 2. The lowest BCUT2D eigenvalue weighted by atomic mass is 10.2. The normalized spacial score (nSPS) is 12.2. The van der Waals surface area contributed by atoms with Gasteiger partial charge in [-0.2, -0.15) is 4.72 Å². The van der Waals surface area contributed by atoms with Crippen molar-refractivity contribution in [2.24, 2.45) is 0 Å². The third-order valence-corrected chi connectivity index (χ3v) is 5.71. The Morgan fingerprint density at radius 1 is 0.897 bits per heavy atom. The zero-order chi connectivity index (χ0) is 20.7. The zero-order valence-electron chi connectivity index (χ0n) is 15.9. The van der Waals surface area contributed by atoms with Crippen LogP contribution < -0.4 is 14.8 Å². The Morgan fingerprint density at radius 2 is 1.48 bits per heavy atom. The first-order chi connectivity index (χ1) is 13.9. The van der Waals surface area contributed by atoms with Crippen molar-refractivity contribution in [1.82, 2.24) is 4.72 Å². The van der Waals surface area contributed by atoms with Crippen LogP contribution in [0.1, 0.15) is 12.5 Å². The van der Waals surface area contributed by atoms with Gasteiger partial charge in [0.1, 0.15) is 12.4 Å².